The first-order valence-corrected chi connectivity index (χ1v) is 10.1. The van der Waals surface area contributed by atoms with Crippen LogP contribution in [0.5, 0.6) is 0 Å². The molecule has 0 aliphatic heterocycles. The maximum Gasteiger partial charge on any atom is 0.0975 e. The van der Waals surface area contributed by atoms with Crippen LogP contribution in [0.25, 0.3) is 43.6 Å². The summed E-state index contributed by atoms with van der Waals surface area (Å²) in [5, 5.41) is 4.39. The topological polar surface area (TPSA) is 51.6 Å². The molecule has 0 bridgehead atoms. The van der Waals surface area contributed by atoms with E-state index in [9.17, 15) is 0 Å². The summed E-state index contributed by atoms with van der Waals surface area (Å²) >= 11 is 1.74. The Labute approximate surface area is 170 Å². The van der Waals surface area contributed by atoms with E-state index in [0.29, 0.717) is 0 Å². The lowest BCUT2D eigenvalue weighted by Gasteiger charge is -2.12. The Balaban J connectivity index is 1.64. The summed E-state index contributed by atoms with van der Waals surface area (Å²) in [5.41, 5.74) is 3.72. The fourth-order valence-electron chi connectivity index (χ4n) is 3.78. The average molecular weight is 390 g/mol. The first kappa shape index (κ1) is 16.4. The Morgan fingerprint density at radius 1 is 0.483 bits per heavy atom. The standard InChI is InChI=1S/C24H14N4S/c1-5-15-13-19(17-7-3-11-27-23(17)21(15)25-9-1)29-20-14-16-6-2-10-26-22(16)24-18(20)8-4-12-28-24/h1-14H. The fraction of sp³-hybridized carbons (Fsp3) is 0. The number of fused-ring (bicyclic) bond motifs is 6. The molecule has 136 valence electrons. The molecule has 2 aromatic carbocycles. The van der Waals surface area contributed by atoms with Gasteiger partial charge in [0.1, 0.15) is 0 Å². The first-order chi connectivity index (χ1) is 14.4. The van der Waals surface area contributed by atoms with Gasteiger partial charge in [-0.1, -0.05) is 36.0 Å². The SMILES string of the molecule is c1cnc2c(c1)cc(Sc1cc3cccnc3c3ncccc13)c1cccnc12. The van der Waals surface area contributed by atoms with Gasteiger partial charge in [0.25, 0.3) is 0 Å². The molecular formula is C24H14N4S. The van der Waals surface area contributed by atoms with Crippen molar-refractivity contribution in [1.82, 2.24) is 19.9 Å². The highest BCUT2D eigenvalue weighted by atomic mass is 32.2. The van der Waals surface area contributed by atoms with Gasteiger partial charge in [0.05, 0.1) is 22.1 Å². The number of rotatable bonds is 2. The molecule has 0 saturated heterocycles. The Morgan fingerprint density at radius 3 is 1.38 bits per heavy atom. The lowest BCUT2D eigenvalue weighted by molar-refractivity contribution is 1.35. The normalized spacial score (nSPS) is 11.6. The van der Waals surface area contributed by atoms with Gasteiger partial charge < -0.3 is 0 Å². The van der Waals surface area contributed by atoms with Crippen LogP contribution < -0.4 is 0 Å². The number of aromatic nitrogens is 4. The number of hydrogen-bond donors (Lipinski definition) is 0. The maximum absolute atomic E-state index is 4.63. The Kier molecular flexibility index (Phi) is 3.67. The van der Waals surface area contributed by atoms with Gasteiger partial charge in [-0.05, 0) is 36.4 Å². The van der Waals surface area contributed by atoms with Crippen LogP contribution in [-0.2, 0) is 0 Å². The monoisotopic (exact) mass is 390 g/mol. The molecule has 6 rings (SSSR count). The van der Waals surface area contributed by atoms with E-state index in [4.69, 9.17) is 0 Å². The van der Waals surface area contributed by atoms with Gasteiger partial charge in [0.15, 0.2) is 0 Å². The minimum atomic E-state index is 0.929. The molecule has 4 aromatic heterocycles. The molecule has 0 saturated carbocycles. The van der Waals surface area contributed by atoms with E-state index < -0.39 is 0 Å². The molecule has 0 N–H and O–H groups in total. The van der Waals surface area contributed by atoms with Crippen LogP contribution >= 0.6 is 11.8 Å². The maximum atomic E-state index is 4.63. The number of benzene rings is 2. The highest BCUT2D eigenvalue weighted by Crippen LogP contribution is 2.40. The van der Waals surface area contributed by atoms with Crippen LogP contribution in [0.15, 0.2) is 95.2 Å². The fourth-order valence-corrected chi connectivity index (χ4v) is 4.93. The minimum absolute atomic E-state index is 0.929. The third kappa shape index (κ3) is 2.62. The van der Waals surface area contributed by atoms with Crippen LogP contribution in [0.3, 0.4) is 0 Å². The van der Waals surface area contributed by atoms with Crippen LogP contribution in [0.1, 0.15) is 0 Å². The van der Waals surface area contributed by atoms with Crippen LogP contribution in [-0.4, -0.2) is 19.9 Å². The zero-order valence-corrected chi connectivity index (χ0v) is 16.1. The largest absolute Gasteiger partial charge is 0.254 e. The average Bonchev–Trinajstić information content (AvgIpc) is 2.79. The smallest absolute Gasteiger partial charge is 0.0975 e. The lowest BCUT2D eigenvalue weighted by atomic mass is 10.1. The van der Waals surface area contributed by atoms with Crippen molar-refractivity contribution in [1.29, 1.82) is 0 Å². The molecule has 29 heavy (non-hydrogen) atoms. The second kappa shape index (κ2) is 6.50. The zero-order chi connectivity index (χ0) is 19.2. The van der Waals surface area contributed by atoms with Crippen molar-refractivity contribution in [2.24, 2.45) is 0 Å². The molecule has 5 heteroatoms. The second-order valence-corrected chi connectivity index (χ2v) is 7.88. The highest BCUT2D eigenvalue weighted by molar-refractivity contribution is 7.99. The van der Waals surface area contributed by atoms with Crippen molar-refractivity contribution in [2.45, 2.75) is 9.79 Å². The summed E-state index contributed by atoms with van der Waals surface area (Å²) in [7, 11) is 0. The third-order valence-corrected chi connectivity index (χ3v) is 6.18. The number of pyridine rings is 4. The van der Waals surface area contributed by atoms with Gasteiger partial charge in [0.2, 0.25) is 0 Å². The summed E-state index contributed by atoms with van der Waals surface area (Å²) < 4.78 is 0. The summed E-state index contributed by atoms with van der Waals surface area (Å²) in [6.07, 6.45) is 7.29. The molecule has 0 spiro atoms. The molecule has 0 atom stereocenters. The quantitative estimate of drug-likeness (QED) is 0.338. The van der Waals surface area contributed by atoms with E-state index in [1.807, 2.05) is 49.1 Å². The second-order valence-electron chi connectivity index (χ2n) is 6.80. The molecule has 4 nitrogen and oxygen atoms in total. The van der Waals surface area contributed by atoms with Crippen molar-refractivity contribution in [3.63, 3.8) is 0 Å². The van der Waals surface area contributed by atoms with Crippen molar-refractivity contribution in [3.8, 4) is 0 Å². The molecule has 6 aromatic rings. The predicted molar refractivity (Wildman–Crippen MR) is 118 cm³/mol. The zero-order valence-electron chi connectivity index (χ0n) is 15.3. The van der Waals surface area contributed by atoms with Gasteiger partial charge in [0, 0.05) is 56.1 Å². The van der Waals surface area contributed by atoms with Gasteiger partial charge >= 0.3 is 0 Å². The molecule has 0 amide bonds. The Hall–Kier alpha value is -3.57. The van der Waals surface area contributed by atoms with Gasteiger partial charge in [-0.3, -0.25) is 19.9 Å². The van der Waals surface area contributed by atoms with E-state index in [1.54, 1.807) is 11.8 Å². The van der Waals surface area contributed by atoms with E-state index in [0.717, 1.165) is 53.4 Å². The Bertz CT molecular complexity index is 1430. The van der Waals surface area contributed by atoms with Crippen molar-refractivity contribution in [3.05, 3.63) is 85.5 Å². The van der Waals surface area contributed by atoms with Crippen LogP contribution in [0, 0.1) is 0 Å². The minimum Gasteiger partial charge on any atom is -0.254 e. The van der Waals surface area contributed by atoms with Gasteiger partial charge in [-0.15, -0.1) is 0 Å². The number of nitrogens with zero attached hydrogens (tertiary/aromatic N) is 4. The summed E-state index contributed by atoms with van der Waals surface area (Å²) in [4.78, 5) is 20.7. The van der Waals surface area contributed by atoms with E-state index >= 15 is 0 Å². The van der Waals surface area contributed by atoms with Crippen LogP contribution in [0.2, 0.25) is 0 Å². The summed E-state index contributed by atoms with van der Waals surface area (Å²) in [5.74, 6) is 0. The lowest BCUT2D eigenvalue weighted by Crippen LogP contribution is -1.89. The molecule has 0 aliphatic rings. The van der Waals surface area contributed by atoms with Gasteiger partial charge in [-0.2, -0.15) is 0 Å². The van der Waals surface area contributed by atoms with E-state index in [2.05, 4.69) is 56.3 Å². The summed E-state index contributed by atoms with van der Waals surface area (Å²) in [6, 6.07) is 20.7. The Morgan fingerprint density at radius 2 is 0.897 bits per heavy atom. The summed E-state index contributed by atoms with van der Waals surface area (Å²) in [6.45, 7) is 0. The third-order valence-electron chi connectivity index (χ3n) is 5.07. The van der Waals surface area contributed by atoms with Gasteiger partial charge in [-0.25, -0.2) is 0 Å². The first-order valence-electron chi connectivity index (χ1n) is 9.31. The van der Waals surface area contributed by atoms with Crippen molar-refractivity contribution < 1.29 is 0 Å². The molecule has 4 heterocycles. The molecule has 0 unspecified atom stereocenters. The molecule has 0 aliphatic carbocycles. The van der Waals surface area contributed by atoms with E-state index in [1.165, 1.54) is 0 Å². The van der Waals surface area contributed by atoms with Crippen LogP contribution in [0.4, 0.5) is 0 Å². The van der Waals surface area contributed by atoms with E-state index in [-0.39, 0.29) is 0 Å². The predicted octanol–water partition coefficient (Wildman–Crippen LogP) is 6.03. The highest BCUT2D eigenvalue weighted by Gasteiger charge is 2.13. The number of hydrogen-bond acceptors (Lipinski definition) is 5. The van der Waals surface area contributed by atoms with Crippen molar-refractivity contribution >= 4 is 55.4 Å². The molecule has 0 fully saturated rings. The molecular weight excluding hydrogens is 376 g/mol. The van der Waals surface area contributed by atoms with Crippen molar-refractivity contribution in [2.75, 3.05) is 0 Å². The molecule has 0 radical (unpaired) electrons.